The predicted molar refractivity (Wildman–Crippen MR) is 78.1 cm³/mol. The van der Waals surface area contributed by atoms with Gasteiger partial charge in [-0.2, -0.15) is 10.5 Å². The smallest absolute Gasteiger partial charge is 0.259 e. The molecule has 0 aliphatic heterocycles. The van der Waals surface area contributed by atoms with Crippen LogP contribution in [0.4, 0.5) is 0 Å². The van der Waals surface area contributed by atoms with Crippen LogP contribution in [0.3, 0.4) is 0 Å². The second kappa shape index (κ2) is 6.36. The number of hydrogen-bond donors (Lipinski definition) is 1. The number of benzene rings is 1. The Bertz CT molecular complexity index is 656. The maximum atomic E-state index is 12.0. The van der Waals surface area contributed by atoms with Gasteiger partial charge in [0.25, 0.3) is 5.91 Å². The van der Waals surface area contributed by atoms with Crippen molar-refractivity contribution in [1.29, 1.82) is 10.5 Å². The minimum atomic E-state index is -0.838. The number of nitrogens with zero attached hydrogens (tertiary/aromatic N) is 2. The Morgan fingerprint density at radius 3 is 2.68 bits per heavy atom. The number of carbonyl (C=O) groups is 1. The van der Waals surface area contributed by atoms with E-state index in [0.29, 0.717) is 17.1 Å². The molecule has 1 fully saturated rings. The summed E-state index contributed by atoms with van der Waals surface area (Å²) in [7, 11) is 1.46. The Kier molecular flexibility index (Phi) is 4.53. The van der Waals surface area contributed by atoms with Gasteiger partial charge in [-0.15, -0.1) is 0 Å². The highest BCUT2D eigenvalue weighted by Crippen LogP contribution is 2.39. The lowest BCUT2D eigenvalue weighted by Crippen LogP contribution is -2.48. The quantitative estimate of drug-likeness (QED) is 0.863. The summed E-state index contributed by atoms with van der Waals surface area (Å²) in [5, 5.41) is 20.8. The first-order valence-electron chi connectivity index (χ1n) is 6.95. The maximum absolute atomic E-state index is 12.0. The normalized spacial score (nSPS) is 15.8. The molecular formula is C16H17N3O3. The van der Waals surface area contributed by atoms with Crippen molar-refractivity contribution in [2.45, 2.75) is 25.3 Å². The molecule has 1 saturated carbocycles. The van der Waals surface area contributed by atoms with Crippen molar-refractivity contribution in [2.75, 3.05) is 13.7 Å². The molecule has 6 heteroatoms. The summed E-state index contributed by atoms with van der Waals surface area (Å²) in [5.41, 5.74) is -0.394. The Labute approximate surface area is 129 Å². The van der Waals surface area contributed by atoms with Gasteiger partial charge in [0.1, 0.15) is 5.54 Å². The first kappa shape index (κ1) is 15.7. The van der Waals surface area contributed by atoms with Gasteiger partial charge >= 0.3 is 0 Å². The van der Waals surface area contributed by atoms with Crippen molar-refractivity contribution >= 4 is 5.91 Å². The van der Waals surface area contributed by atoms with E-state index in [9.17, 15) is 10.1 Å². The van der Waals surface area contributed by atoms with E-state index in [4.69, 9.17) is 14.7 Å². The largest absolute Gasteiger partial charge is 0.493 e. The molecule has 2 rings (SSSR count). The maximum Gasteiger partial charge on any atom is 0.259 e. The van der Waals surface area contributed by atoms with Crippen LogP contribution in [0.1, 0.15) is 25.3 Å². The van der Waals surface area contributed by atoms with E-state index in [1.807, 2.05) is 6.07 Å². The summed E-state index contributed by atoms with van der Waals surface area (Å²) < 4.78 is 10.6. The van der Waals surface area contributed by atoms with Gasteiger partial charge in [-0.05, 0) is 37.8 Å². The molecule has 0 bridgehead atoms. The van der Waals surface area contributed by atoms with Gasteiger partial charge in [0.2, 0.25) is 0 Å². The number of ether oxygens (including phenoxy) is 2. The van der Waals surface area contributed by atoms with Crippen LogP contribution in [0.15, 0.2) is 18.2 Å². The van der Waals surface area contributed by atoms with E-state index in [1.165, 1.54) is 13.2 Å². The number of rotatable bonds is 6. The summed E-state index contributed by atoms with van der Waals surface area (Å²) in [6, 6.07) is 8.86. The Hall–Kier alpha value is -2.73. The Morgan fingerprint density at radius 1 is 1.41 bits per heavy atom. The lowest BCUT2D eigenvalue weighted by atomic mass is 9.98. The minimum absolute atomic E-state index is 0.214. The van der Waals surface area contributed by atoms with Crippen molar-refractivity contribution in [2.24, 2.45) is 5.92 Å². The Morgan fingerprint density at radius 2 is 2.14 bits per heavy atom. The fraction of sp³-hybridized carbons (Fsp3) is 0.438. The number of amides is 1. The number of nitrogens with one attached hydrogen (secondary N) is 1. The summed E-state index contributed by atoms with van der Waals surface area (Å²) in [4.78, 5) is 12.0. The van der Waals surface area contributed by atoms with Crippen LogP contribution in [0, 0.1) is 28.6 Å². The molecule has 1 aromatic carbocycles. The monoisotopic (exact) mass is 299 g/mol. The molecule has 0 heterocycles. The second-order valence-electron chi connectivity index (χ2n) is 5.40. The Balaban J connectivity index is 1.97. The molecule has 1 atom stereocenters. The van der Waals surface area contributed by atoms with Gasteiger partial charge in [-0.3, -0.25) is 4.79 Å². The predicted octanol–water partition coefficient (Wildman–Crippen LogP) is 1.75. The first-order chi connectivity index (χ1) is 10.5. The first-order valence-corrected chi connectivity index (χ1v) is 6.95. The van der Waals surface area contributed by atoms with Crippen LogP contribution < -0.4 is 14.8 Å². The summed E-state index contributed by atoms with van der Waals surface area (Å²) in [5.74, 6) is 0.618. The molecule has 22 heavy (non-hydrogen) atoms. The molecule has 1 unspecified atom stereocenters. The van der Waals surface area contributed by atoms with E-state index >= 15 is 0 Å². The molecule has 0 radical (unpaired) electrons. The summed E-state index contributed by atoms with van der Waals surface area (Å²) in [6.07, 6.45) is 1.91. The average molecular weight is 299 g/mol. The zero-order valence-corrected chi connectivity index (χ0v) is 12.5. The topological polar surface area (TPSA) is 95.1 Å². The zero-order valence-electron chi connectivity index (χ0n) is 12.5. The van der Waals surface area contributed by atoms with E-state index in [2.05, 4.69) is 11.4 Å². The fourth-order valence-electron chi connectivity index (χ4n) is 2.21. The molecule has 1 aliphatic rings. The lowest BCUT2D eigenvalue weighted by Gasteiger charge is -2.22. The lowest BCUT2D eigenvalue weighted by molar-refractivity contribution is -0.124. The number of methoxy groups -OCH3 is 1. The molecule has 1 N–H and O–H groups in total. The summed E-state index contributed by atoms with van der Waals surface area (Å²) in [6.45, 7) is 1.51. The van der Waals surface area contributed by atoms with Crippen LogP contribution in [0.5, 0.6) is 11.5 Å². The number of nitriles is 2. The molecular weight excluding hydrogens is 282 g/mol. The van der Waals surface area contributed by atoms with Gasteiger partial charge in [0.05, 0.1) is 24.8 Å². The number of hydrogen-bond acceptors (Lipinski definition) is 5. The number of carbonyl (C=O) groups excluding carboxylic acids is 1. The van der Waals surface area contributed by atoms with Crippen molar-refractivity contribution in [3.63, 3.8) is 0 Å². The molecule has 1 aromatic rings. The summed E-state index contributed by atoms with van der Waals surface area (Å²) >= 11 is 0. The van der Waals surface area contributed by atoms with Crippen molar-refractivity contribution in [3.05, 3.63) is 23.8 Å². The van der Waals surface area contributed by atoms with Gasteiger partial charge in [0, 0.05) is 6.07 Å². The van der Waals surface area contributed by atoms with Crippen LogP contribution in [0.2, 0.25) is 0 Å². The third kappa shape index (κ3) is 3.48. The van der Waals surface area contributed by atoms with Gasteiger partial charge in [-0.1, -0.05) is 0 Å². The highest BCUT2D eigenvalue weighted by atomic mass is 16.5. The van der Waals surface area contributed by atoms with E-state index in [1.54, 1.807) is 19.1 Å². The molecule has 114 valence electrons. The molecule has 6 nitrogen and oxygen atoms in total. The van der Waals surface area contributed by atoms with Crippen LogP contribution in [0.25, 0.3) is 0 Å². The van der Waals surface area contributed by atoms with Crippen LogP contribution in [-0.4, -0.2) is 25.2 Å². The third-order valence-electron chi connectivity index (χ3n) is 3.68. The van der Waals surface area contributed by atoms with E-state index in [-0.39, 0.29) is 18.4 Å². The van der Waals surface area contributed by atoms with E-state index < -0.39 is 5.54 Å². The third-order valence-corrected chi connectivity index (χ3v) is 3.68. The van der Waals surface area contributed by atoms with Crippen molar-refractivity contribution < 1.29 is 14.3 Å². The fourth-order valence-corrected chi connectivity index (χ4v) is 2.21. The molecule has 0 saturated heterocycles. The molecule has 0 aromatic heterocycles. The minimum Gasteiger partial charge on any atom is -0.493 e. The highest BCUT2D eigenvalue weighted by molar-refractivity contribution is 5.79. The van der Waals surface area contributed by atoms with Crippen LogP contribution in [-0.2, 0) is 4.79 Å². The molecule has 1 aliphatic carbocycles. The molecule has 0 spiro atoms. The van der Waals surface area contributed by atoms with Crippen molar-refractivity contribution in [3.8, 4) is 23.6 Å². The molecule has 1 amide bonds. The highest BCUT2D eigenvalue weighted by Gasteiger charge is 2.43. The van der Waals surface area contributed by atoms with Gasteiger partial charge in [0.15, 0.2) is 18.1 Å². The zero-order chi connectivity index (χ0) is 16.2. The van der Waals surface area contributed by atoms with Gasteiger partial charge in [-0.25, -0.2) is 0 Å². The average Bonchev–Trinajstić information content (AvgIpc) is 3.37. The SMILES string of the molecule is COc1cc(C#N)ccc1OCC(=O)NC(C)(C#N)C1CC1. The second-order valence-corrected chi connectivity index (χ2v) is 5.40. The standard InChI is InChI=1S/C16H17N3O3/c1-16(10-18,12-4-5-12)19-15(20)9-22-13-6-3-11(8-17)7-14(13)21-2/h3,6-7,12H,4-5,9H2,1-2H3,(H,19,20). The van der Waals surface area contributed by atoms with Gasteiger partial charge < -0.3 is 14.8 Å². The van der Waals surface area contributed by atoms with Crippen molar-refractivity contribution in [1.82, 2.24) is 5.32 Å². The van der Waals surface area contributed by atoms with Crippen LogP contribution >= 0.6 is 0 Å². The van der Waals surface area contributed by atoms with E-state index in [0.717, 1.165) is 12.8 Å².